The third-order valence-electron chi connectivity index (χ3n) is 3.17. The van der Waals surface area contributed by atoms with Crippen LogP contribution >= 0.6 is 0 Å². The Morgan fingerprint density at radius 3 is 2.22 bits per heavy atom. The quantitative estimate of drug-likeness (QED) is 0.795. The summed E-state index contributed by atoms with van der Waals surface area (Å²) in [6.07, 6.45) is -2.02. The summed E-state index contributed by atoms with van der Waals surface area (Å²) in [5.74, 6) is 0. The molecule has 2 rings (SSSR count). The Balaban J connectivity index is 2.37. The third kappa shape index (κ3) is 2.29. The van der Waals surface area contributed by atoms with Crippen LogP contribution in [0, 0.1) is 13.8 Å². The van der Waals surface area contributed by atoms with E-state index in [0.29, 0.717) is 5.56 Å². The summed E-state index contributed by atoms with van der Waals surface area (Å²) in [4.78, 5) is 0.231. The number of rotatable bonds is 2. The number of nitrogens with zero attached hydrogens (tertiary/aromatic N) is 1. The minimum absolute atomic E-state index is 0.0587. The van der Waals surface area contributed by atoms with Gasteiger partial charge in [-0.15, -0.1) is 0 Å². The van der Waals surface area contributed by atoms with Crippen LogP contribution in [0.1, 0.15) is 11.1 Å². The van der Waals surface area contributed by atoms with E-state index in [0.717, 1.165) is 9.87 Å². The van der Waals surface area contributed by atoms with Crippen molar-refractivity contribution in [3.8, 4) is 0 Å². The molecule has 2 N–H and O–H groups in total. The van der Waals surface area contributed by atoms with Gasteiger partial charge in [-0.3, -0.25) is 0 Å². The molecule has 2 atom stereocenters. The summed E-state index contributed by atoms with van der Waals surface area (Å²) in [6, 6.07) is 5.11. The first-order valence-electron chi connectivity index (χ1n) is 5.76. The second-order valence-corrected chi connectivity index (χ2v) is 6.63. The lowest BCUT2D eigenvalue weighted by Crippen LogP contribution is -2.30. The van der Waals surface area contributed by atoms with Crippen LogP contribution in [-0.2, 0) is 10.0 Å². The number of sulfonamides is 1. The third-order valence-corrected chi connectivity index (χ3v) is 5.17. The van der Waals surface area contributed by atoms with Crippen LogP contribution in [0.2, 0.25) is 0 Å². The van der Waals surface area contributed by atoms with E-state index < -0.39 is 22.2 Å². The van der Waals surface area contributed by atoms with E-state index in [4.69, 9.17) is 0 Å². The van der Waals surface area contributed by atoms with Gasteiger partial charge in [0.25, 0.3) is 0 Å². The molecule has 0 aliphatic carbocycles. The van der Waals surface area contributed by atoms with Gasteiger partial charge in [0.05, 0.1) is 17.1 Å². The van der Waals surface area contributed by atoms with Crippen LogP contribution in [0.15, 0.2) is 23.1 Å². The first-order chi connectivity index (χ1) is 8.32. The molecule has 1 aliphatic rings. The molecule has 0 amide bonds. The maximum Gasteiger partial charge on any atom is 0.243 e. The average Bonchev–Trinajstić information content (AvgIpc) is 2.59. The Bertz CT molecular complexity index is 545. The summed E-state index contributed by atoms with van der Waals surface area (Å²) in [6.45, 7) is 3.52. The maximum absolute atomic E-state index is 12.4. The Labute approximate surface area is 107 Å². The molecule has 1 aromatic rings. The zero-order chi connectivity index (χ0) is 13.5. The van der Waals surface area contributed by atoms with Crippen molar-refractivity contribution in [1.29, 1.82) is 0 Å². The number of hydrogen-bond donors (Lipinski definition) is 2. The van der Waals surface area contributed by atoms with Crippen molar-refractivity contribution >= 4 is 10.0 Å². The Kier molecular flexibility index (Phi) is 3.46. The fraction of sp³-hybridized carbons (Fsp3) is 0.500. The van der Waals surface area contributed by atoms with Crippen molar-refractivity contribution in [2.24, 2.45) is 0 Å². The van der Waals surface area contributed by atoms with Gasteiger partial charge in [0, 0.05) is 13.1 Å². The first kappa shape index (κ1) is 13.5. The van der Waals surface area contributed by atoms with Crippen LogP contribution < -0.4 is 0 Å². The summed E-state index contributed by atoms with van der Waals surface area (Å²) in [5.41, 5.74) is 1.67. The fourth-order valence-electron chi connectivity index (χ4n) is 2.16. The highest BCUT2D eigenvalue weighted by atomic mass is 32.2. The minimum atomic E-state index is -3.64. The van der Waals surface area contributed by atoms with Crippen LogP contribution in [0.25, 0.3) is 0 Å². The fourth-order valence-corrected chi connectivity index (χ4v) is 3.84. The monoisotopic (exact) mass is 271 g/mol. The van der Waals surface area contributed by atoms with Crippen molar-refractivity contribution in [2.75, 3.05) is 13.1 Å². The van der Waals surface area contributed by atoms with Gasteiger partial charge < -0.3 is 10.2 Å². The topological polar surface area (TPSA) is 77.8 Å². The van der Waals surface area contributed by atoms with Crippen LogP contribution in [0.5, 0.6) is 0 Å². The molecule has 0 radical (unpaired) electrons. The van der Waals surface area contributed by atoms with Crippen molar-refractivity contribution in [2.45, 2.75) is 31.0 Å². The molecule has 0 bridgehead atoms. The number of β-amino-alcohol motifs (C(OH)–C–C–N with tert-alkyl or cyclic N) is 2. The van der Waals surface area contributed by atoms with Crippen molar-refractivity contribution < 1.29 is 18.6 Å². The maximum atomic E-state index is 12.4. The average molecular weight is 271 g/mol. The van der Waals surface area contributed by atoms with E-state index in [9.17, 15) is 18.6 Å². The molecule has 1 aromatic carbocycles. The van der Waals surface area contributed by atoms with Gasteiger partial charge in [0.1, 0.15) is 0 Å². The lowest BCUT2D eigenvalue weighted by atomic mass is 10.2. The van der Waals surface area contributed by atoms with Crippen LogP contribution in [0.3, 0.4) is 0 Å². The van der Waals surface area contributed by atoms with Gasteiger partial charge in [-0.2, -0.15) is 4.31 Å². The molecule has 18 heavy (non-hydrogen) atoms. The van der Waals surface area contributed by atoms with Gasteiger partial charge in [-0.1, -0.05) is 17.7 Å². The van der Waals surface area contributed by atoms with Crippen molar-refractivity contribution in [3.63, 3.8) is 0 Å². The predicted molar refractivity (Wildman–Crippen MR) is 66.7 cm³/mol. The molecule has 5 nitrogen and oxygen atoms in total. The molecule has 1 fully saturated rings. The number of aliphatic hydroxyl groups excluding tert-OH is 2. The van der Waals surface area contributed by atoms with Gasteiger partial charge in [-0.25, -0.2) is 8.42 Å². The summed E-state index contributed by atoms with van der Waals surface area (Å²) < 4.78 is 25.8. The molecular formula is C12H17NO4S. The lowest BCUT2D eigenvalue weighted by molar-refractivity contribution is 0.0572. The van der Waals surface area contributed by atoms with E-state index in [1.165, 1.54) is 0 Å². The second kappa shape index (κ2) is 4.62. The van der Waals surface area contributed by atoms with Gasteiger partial charge in [0.15, 0.2) is 0 Å². The Morgan fingerprint density at radius 2 is 1.72 bits per heavy atom. The first-order valence-corrected chi connectivity index (χ1v) is 7.20. The van der Waals surface area contributed by atoms with Gasteiger partial charge >= 0.3 is 0 Å². The normalized spacial score (nSPS) is 25.6. The number of benzene rings is 1. The Hall–Kier alpha value is -0.950. The molecule has 6 heteroatoms. The van der Waals surface area contributed by atoms with Gasteiger partial charge in [0.2, 0.25) is 10.0 Å². The molecule has 1 saturated heterocycles. The summed E-state index contributed by atoms with van der Waals surface area (Å²) in [7, 11) is -3.64. The smallest absolute Gasteiger partial charge is 0.243 e. The minimum Gasteiger partial charge on any atom is -0.389 e. The van der Waals surface area contributed by atoms with E-state index in [1.807, 2.05) is 6.92 Å². The molecule has 0 spiro atoms. The van der Waals surface area contributed by atoms with Crippen LogP contribution in [0.4, 0.5) is 0 Å². The standard InChI is InChI=1S/C12H17NO4S/c1-8-3-4-12(9(2)5-8)18(16,17)13-6-10(14)11(15)7-13/h3-5,10-11,14-15H,6-7H2,1-2H3. The van der Waals surface area contributed by atoms with Crippen molar-refractivity contribution in [3.05, 3.63) is 29.3 Å². The summed E-state index contributed by atoms with van der Waals surface area (Å²) >= 11 is 0. The highest BCUT2D eigenvalue weighted by molar-refractivity contribution is 7.89. The molecule has 0 aromatic heterocycles. The largest absolute Gasteiger partial charge is 0.389 e. The van der Waals surface area contributed by atoms with E-state index in [1.54, 1.807) is 25.1 Å². The summed E-state index contributed by atoms with van der Waals surface area (Å²) in [5, 5.41) is 18.9. The molecular weight excluding hydrogens is 254 g/mol. The molecule has 0 saturated carbocycles. The highest BCUT2D eigenvalue weighted by Gasteiger charge is 2.37. The zero-order valence-corrected chi connectivity index (χ0v) is 11.2. The molecule has 100 valence electrons. The molecule has 1 aliphatic heterocycles. The Morgan fingerprint density at radius 1 is 1.17 bits per heavy atom. The van der Waals surface area contributed by atoms with Crippen LogP contribution in [-0.4, -0.2) is 48.2 Å². The van der Waals surface area contributed by atoms with Crippen molar-refractivity contribution in [1.82, 2.24) is 4.31 Å². The number of aliphatic hydroxyl groups is 2. The van der Waals surface area contributed by atoms with E-state index >= 15 is 0 Å². The highest BCUT2D eigenvalue weighted by Crippen LogP contribution is 2.24. The zero-order valence-electron chi connectivity index (χ0n) is 10.4. The predicted octanol–water partition coefficient (Wildman–Crippen LogP) is 0.0295. The van der Waals surface area contributed by atoms with Gasteiger partial charge in [-0.05, 0) is 25.5 Å². The van der Waals surface area contributed by atoms with E-state index in [2.05, 4.69) is 0 Å². The number of aryl methyl sites for hydroxylation is 2. The second-order valence-electron chi connectivity index (χ2n) is 4.73. The molecule has 2 unspecified atom stereocenters. The number of hydrogen-bond acceptors (Lipinski definition) is 4. The SMILES string of the molecule is Cc1ccc(S(=O)(=O)N2CC(O)C(O)C2)c(C)c1. The lowest BCUT2D eigenvalue weighted by Gasteiger charge is -2.17. The molecule has 1 heterocycles. The van der Waals surface area contributed by atoms with E-state index in [-0.39, 0.29) is 18.0 Å².